The van der Waals surface area contributed by atoms with E-state index in [9.17, 15) is 14.4 Å². The molecule has 3 aromatic carbocycles. The summed E-state index contributed by atoms with van der Waals surface area (Å²) in [6.07, 6.45) is 0.521. The van der Waals surface area contributed by atoms with Crippen molar-refractivity contribution in [2.24, 2.45) is 15.4 Å². The predicted molar refractivity (Wildman–Crippen MR) is 157 cm³/mol. The first-order valence-corrected chi connectivity index (χ1v) is 13.9. The molecule has 10 nitrogen and oxygen atoms in total. The molecular formula is C32H32N6O4. The third-order valence-electron chi connectivity index (χ3n) is 8.18. The number of para-hydroxylation sites is 1. The van der Waals surface area contributed by atoms with Crippen molar-refractivity contribution in [3.63, 3.8) is 0 Å². The van der Waals surface area contributed by atoms with Gasteiger partial charge in [0.25, 0.3) is 17.7 Å². The van der Waals surface area contributed by atoms with Gasteiger partial charge in [0.05, 0.1) is 24.6 Å². The summed E-state index contributed by atoms with van der Waals surface area (Å²) in [5.41, 5.74) is 7.09. The predicted octanol–water partition coefficient (Wildman–Crippen LogP) is 4.60. The summed E-state index contributed by atoms with van der Waals surface area (Å²) in [6, 6.07) is 17.0. The van der Waals surface area contributed by atoms with Crippen molar-refractivity contribution in [2.45, 2.75) is 52.2 Å². The number of benzene rings is 3. The molecule has 0 saturated carbocycles. The lowest BCUT2D eigenvalue weighted by Crippen LogP contribution is -2.45. The summed E-state index contributed by atoms with van der Waals surface area (Å²) in [4.78, 5) is 42.1. The summed E-state index contributed by atoms with van der Waals surface area (Å²) in [7, 11) is 1.61. The van der Waals surface area contributed by atoms with Gasteiger partial charge >= 0.3 is 0 Å². The molecule has 3 heterocycles. The molecule has 0 N–H and O–H groups in total. The summed E-state index contributed by atoms with van der Waals surface area (Å²) in [5.74, 6) is -0.506. The molecule has 0 spiro atoms. The zero-order valence-corrected chi connectivity index (χ0v) is 24.2. The van der Waals surface area contributed by atoms with Gasteiger partial charge in [-0.25, -0.2) is 9.91 Å². The Labute approximate surface area is 244 Å². The minimum atomic E-state index is -0.991. The van der Waals surface area contributed by atoms with E-state index in [4.69, 9.17) is 9.84 Å². The molecule has 10 heteroatoms. The van der Waals surface area contributed by atoms with Crippen molar-refractivity contribution in [1.82, 2.24) is 10.0 Å². The van der Waals surface area contributed by atoms with Gasteiger partial charge in [-0.15, -0.1) is 0 Å². The number of fused-ring (bicyclic) bond motifs is 1. The van der Waals surface area contributed by atoms with Crippen LogP contribution in [-0.2, 0) is 14.4 Å². The fourth-order valence-electron chi connectivity index (χ4n) is 6.07. The first-order valence-electron chi connectivity index (χ1n) is 13.9. The van der Waals surface area contributed by atoms with Crippen molar-refractivity contribution in [3.8, 4) is 5.75 Å². The molecule has 0 radical (unpaired) electrons. The Balaban J connectivity index is 1.29. The fourth-order valence-corrected chi connectivity index (χ4v) is 6.07. The smallest absolute Gasteiger partial charge is 0.264 e. The summed E-state index contributed by atoms with van der Waals surface area (Å²) < 4.78 is 5.32. The molecule has 0 aromatic heterocycles. The van der Waals surface area contributed by atoms with E-state index in [2.05, 4.69) is 16.4 Å². The Morgan fingerprint density at radius 1 is 0.929 bits per heavy atom. The molecule has 0 bridgehead atoms. The first kappa shape index (κ1) is 27.3. The van der Waals surface area contributed by atoms with E-state index in [1.54, 1.807) is 7.11 Å². The van der Waals surface area contributed by atoms with Crippen LogP contribution in [0, 0.1) is 27.7 Å². The first-order chi connectivity index (χ1) is 20.2. The van der Waals surface area contributed by atoms with Crippen LogP contribution >= 0.6 is 0 Å². The van der Waals surface area contributed by atoms with Gasteiger partial charge in [-0.05, 0) is 62.1 Å². The van der Waals surface area contributed by atoms with Gasteiger partial charge in [0.15, 0.2) is 12.1 Å². The van der Waals surface area contributed by atoms with Crippen molar-refractivity contribution in [3.05, 3.63) is 94.0 Å². The SMILES string of the molecule is COc1ccc([C@@H]2CC(c3ccc(C)cc3C)=NN2C(=O)CN2N=N[C@@H]3C(=O)N(c4c(C)cccc4C)C(=O)[C@@H]32)cc1. The van der Waals surface area contributed by atoms with Crippen LogP contribution in [0.2, 0.25) is 0 Å². The van der Waals surface area contributed by atoms with Gasteiger partial charge in [-0.2, -0.15) is 10.2 Å². The van der Waals surface area contributed by atoms with Crippen molar-refractivity contribution < 1.29 is 19.1 Å². The number of anilines is 1. The number of ether oxygens (including phenoxy) is 1. The summed E-state index contributed by atoms with van der Waals surface area (Å²) in [6.45, 7) is 7.54. The average Bonchev–Trinajstić information content (AvgIpc) is 3.65. The lowest BCUT2D eigenvalue weighted by Gasteiger charge is -2.26. The highest BCUT2D eigenvalue weighted by Gasteiger charge is 2.55. The highest BCUT2D eigenvalue weighted by molar-refractivity contribution is 6.26. The molecule has 1 saturated heterocycles. The van der Waals surface area contributed by atoms with Gasteiger partial charge in [-0.3, -0.25) is 19.4 Å². The van der Waals surface area contributed by atoms with Crippen LogP contribution in [0.1, 0.15) is 45.8 Å². The Hall–Kier alpha value is -4.86. The van der Waals surface area contributed by atoms with Crippen molar-refractivity contribution >= 4 is 29.1 Å². The molecule has 3 aliphatic rings. The molecule has 3 aliphatic heterocycles. The second-order valence-corrected chi connectivity index (χ2v) is 11.0. The van der Waals surface area contributed by atoms with Gasteiger partial charge in [0.2, 0.25) is 0 Å². The van der Waals surface area contributed by atoms with Crippen LogP contribution in [0.25, 0.3) is 0 Å². The molecule has 6 rings (SSSR count). The number of rotatable bonds is 6. The largest absolute Gasteiger partial charge is 0.497 e. The quantitative estimate of drug-likeness (QED) is 0.407. The topological polar surface area (TPSA) is 107 Å². The van der Waals surface area contributed by atoms with Crippen LogP contribution in [0.4, 0.5) is 5.69 Å². The van der Waals surface area contributed by atoms with Crippen molar-refractivity contribution in [1.29, 1.82) is 0 Å². The minimum absolute atomic E-state index is 0.249. The van der Waals surface area contributed by atoms with Crippen LogP contribution in [0.15, 0.2) is 76.1 Å². The third kappa shape index (κ3) is 4.52. The monoisotopic (exact) mass is 564 g/mol. The molecule has 0 aliphatic carbocycles. The van der Waals surface area contributed by atoms with E-state index in [-0.39, 0.29) is 18.5 Å². The zero-order chi connectivity index (χ0) is 29.7. The molecule has 1 fully saturated rings. The fraction of sp³-hybridized carbons (Fsp3) is 0.312. The number of hydrazone groups is 1. The van der Waals surface area contributed by atoms with E-state index >= 15 is 0 Å². The van der Waals surface area contributed by atoms with Crippen LogP contribution in [0.3, 0.4) is 0 Å². The van der Waals surface area contributed by atoms with E-state index in [1.165, 1.54) is 14.9 Å². The number of carbonyl (C=O) groups excluding carboxylic acids is 3. The van der Waals surface area contributed by atoms with Gasteiger partial charge < -0.3 is 4.74 Å². The standard InChI is InChI=1S/C32H32N6O4/c1-18-9-14-24(21(4)15-18)25-16-26(22-10-12-23(42-5)13-11-22)38(34-25)27(39)17-36-30-28(33-35-36)31(40)37(32(30)41)29-19(2)7-6-8-20(29)3/h6-15,26,28,30H,16-17H2,1-5H3/t26-,28-,30+/m0/s1. The highest BCUT2D eigenvalue weighted by Crippen LogP contribution is 2.37. The van der Waals surface area contributed by atoms with E-state index in [0.29, 0.717) is 17.9 Å². The number of nitrogens with zero attached hydrogens (tertiary/aromatic N) is 6. The number of carbonyl (C=O) groups is 3. The van der Waals surface area contributed by atoms with Gasteiger partial charge in [-0.1, -0.05) is 59.3 Å². The molecule has 3 atom stereocenters. The number of hydrogen-bond donors (Lipinski definition) is 0. The number of imide groups is 1. The number of aryl methyl sites for hydroxylation is 4. The van der Waals surface area contributed by atoms with E-state index in [0.717, 1.165) is 39.1 Å². The maximum Gasteiger partial charge on any atom is 0.264 e. The lowest BCUT2D eigenvalue weighted by molar-refractivity contribution is -0.135. The Morgan fingerprint density at radius 2 is 1.64 bits per heavy atom. The van der Waals surface area contributed by atoms with E-state index in [1.807, 2.05) is 82.3 Å². The lowest BCUT2D eigenvalue weighted by atomic mass is 9.95. The van der Waals surface area contributed by atoms with E-state index < -0.39 is 23.9 Å². The second kappa shape index (κ2) is 10.5. The van der Waals surface area contributed by atoms with Gasteiger partial charge in [0.1, 0.15) is 12.3 Å². The third-order valence-corrected chi connectivity index (χ3v) is 8.18. The van der Waals surface area contributed by atoms with Gasteiger partial charge in [0, 0.05) is 12.0 Å². The van der Waals surface area contributed by atoms with Crippen LogP contribution in [0.5, 0.6) is 5.75 Å². The number of amides is 3. The molecule has 3 amide bonds. The maximum atomic E-state index is 13.9. The molecular weight excluding hydrogens is 532 g/mol. The average molecular weight is 565 g/mol. The van der Waals surface area contributed by atoms with Crippen LogP contribution in [-0.4, -0.2) is 59.2 Å². The Morgan fingerprint density at radius 3 is 2.31 bits per heavy atom. The Kier molecular flexibility index (Phi) is 6.84. The molecule has 0 unspecified atom stereocenters. The maximum absolute atomic E-state index is 13.9. The molecule has 214 valence electrons. The molecule has 3 aromatic rings. The molecule has 42 heavy (non-hydrogen) atoms. The highest BCUT2D eigenvalue weighted by atomic mass is 16.5. The summed E-state index contributed by atoms with van der Waals surface area (Å²) >= 11 is 0. The second-order valence-electron chi connectivity index (χ2n) is 11.0. The normalized spacial score (nSPS) is 21.3. The number of hydrogen-bond acceptors (Lipinski definition) is 8. The zero-order valence-electron chi connectivity index (χ0n) is 24.2. The number of methoxy groups -OCH3 is 1. The Bertz CT molecular complexity index is 1640. The minimum Gasteiger partial charge on any atom is -0.497 e. The van der Waals surface area contributed by atoms with Crippen molar-refractivity contribution in [2.75, 3.05) is 18.6 Å². The van der Waals surface area contributed by atoms with Crippen LogP contribution < -0.4 is 9.64 Å². The summed E-state index contributed by atoms with van der Waals surface area (Å²) in [5, 5.41) is 15.8.